The summed E-state index contributed by atoms with van der Waals surface area (Å²) in [7, 11) is 0. The lowest BCUT2D eigenvalue weighted by molar-refractivity contribution is -0.146. The first kappa shape index (κ1) is 16.5. The van der Waals surface area contributed by atoms with E-state index in [9.17, 15) is 4.79 Å². The normalized spacial score (nSPS) is 25.0. The molecule has 0 aliphatic heterocycles. The third-order valence-corrected chi connectivity index (χ3v) is 6.04. The smallest absolute Gasteiger partial charge is 0.257 e. The number of fused-ring (bicyclic) bond motifs is 1. The Balaban J connectivity index is 1.57. The van der Waals surface area contributed by atoms with Gasteiger partial charge in [0.25, 0.3) is 5.91 Å². The van der Waals surface area contributed by atoms with E-state index in [-0.39, 0.29) is 23.5 Å². The standard InChI is InChI=1S/C19H26N4O2/c1-3-25-15-12-14(19(15)8-5-4-6-9-19)21-18(24)16-13(2)22-23-11-7-10-20-17(16)23/h7,10-11,14-15H,3-6,8-9,12H2,1-2H3,(H,21,24)/t14-,15+/m1/s1. The molecule has 0 radical (unpaired) electrons. The Hall–Kier alpha value is -1.95. The number of amides is 1. The molecule has 6 heteroatoms. The molecule has 2 fully saturated rings. The van der Waals surface area contributed by atoms with Gasteiger partial charge in [-0.2, -0.15) is 5.10 Å². The van der Waals surface area contributed by atoms with E-state index in [1.54, 1.807) is 10.7 Å². The van der Waals surface area contributed by atoms with Crippen molar-refractivity contribution in [1.82, 2.24) is 19.9 Å². The predicted molar refractivity (Wildman–Crippen MR) is 94.5 cm³/mol. The fourth-order valence-corrected chi connectivity index (χ4v) is 4.76. The summed E-state index contributed by atoms with van der Waals surface area (Å²) >= 11 is 0. The molecule has 0 bridgehead atoms. The molecule has 0 saturated heterocycles. The van der Waals surface area contributed by atoms with Gasteiger partial charge in [0.15, 0.2) is 5.65 Å². The Kier molecular flexibility index (Phi) is 4.23. The summed E-state index contributed by atoms with van der Waals surface area (Å²) in [5, 5.41) is 7.69. The van der Waals surface area contributed by atoms with Crippen LogP contribution in [0.15, 0.2) is 18.5 Å². The Labute approximate surface area is 148 Å². The summed E-state index contributed by atoms with van der Waals surface area (Å²) in [6.45, 7) is 4.66. The van der Waals surface area contributed by atoms with Gasteiger partial charge >= 0.3 is 0 Å². The highest BCUT2D eigenvalue weighted by Crippen LogP contribution is 2.53. The van der Waals surface area contributed by atoms with Gasteiger partial charge in [-0.15, -0.1) is 0 Å². The molecule has 2 aliphatic carbocycles. The van der Waals surface area contributed by atoms with Crippen molar-refractivity contribution in [2.24, 2.45) is 5.41 Å². The van der Waals surface area contributed by atoms with Crippen LogP contribution < -0.4 is 5.32 Å². The summed E-state index contributed by atoms with van der Waals surface area (Å²) in [5.74, 6) is -0.0592. The Morgan fingerprint density at radius 2 is 2.20 bits per heavy atom. The average molecular weight is 342 g/mol. The molecular weight excluding hydrogens is 316 g/mol. The van der Waals surface area contributed by atoms with Gasteiger partial charge < -0.3 is 10.1 Å². The highest BCUT2D eigenvalue weighted by molar-refractivity contribution is 6.01. The summed E-state index contributed by atoms with van der Waals surface area (Å²) in [4.78, 5) is 17.3. The van der Waals surface area contributed by atoms with E-state index in [0.29, 0.717) is 11.2 Å². The average Bonchev–Trinajstić information content (AvgIpc) is 2.97. The molecule has 6 nitrogen and oxygen atoms in total. The summed E-state index contributed by atoms with van der Waals surface area (Å²) in [5.41, 5.74) is 2.05. The van der Waals surface area contributed by atoms with Gasteiger partial charge in [0.1, 0.15) is 5.56 Å². The molecule has 2 aliphatic rings. The van der Waals surface area contributed by atoms with Crippen molar-refractivity contribution in [3.05, 3.63) is 29.7 Å². The number of aromatic nitrogens is 3. The number of aryl methyl sites for hydroxylation is 1. The number of nitrogens with one attached hydrogen (secondary N) is 1. The fourth-order valence-electron chi connectivity index (χ4n) is 4.76. The van der Waals surface area contributed by atoms with E-state index < -0.39 is 0 Å². The molecule has 134 valence electrons. The van der Waals surface area contributed by atoms with Crippen LogP contribution in [0.1, 0.15) is 61.5 Å². The lowest BCUT2D eigenvalue weighted by Crippen LogP contribution is -2.65. The van der Waals surface area contributed by atoms with Crippen LogP contribution in [0.5, 0.6) is 0 Å². The first-order valence-corrected chi connectivity index (χ1v) is 9.38. The van der Waals surface area contributed by atoms with Gasteiger partial charge in [0.05, 0.1) is 11.8 Å². The van der Waals surface area contributed by atoms with Crippen molar-refractivity contribution in [3.63, 3.8) is 0 Å². The van der Waals surface area contributed by atoms with Crippen molar-refractivity contribution >= 4 is 11.6 Å². The van der Waals surface area contributed by atoms with E-state index in [0.717, 1.165) is 31.6 Å². The van der Waals surface area contributed by atoms with E-state index in [1.165, 1.54) is 19.3 Å². The molecule has 2 atom stereocenters. The minimum atomic E-state index is -0.0592. The van der Waals surface area contributed by atoms with Crippen LogP contribution in [0.2, 0.25) is 0 Å². The first-order valence-electron chi connectivity index (χ1n) is 9.38. The van der Waals surface area contributed by atoms with Crippen LogP contribution in [0.3, 0.4) is 0 Å². The maximum atomic E-state index is 13.0. The zero-order valence-electron chi connectivity index (χ0n) is 15.0. The molecule has 2 saturated carbocycles. The molecular formula is C19H26N4O2. The van der Waals surface area contributed by atoms with Crippen LogP contribution >= 0.6 is 0 Å². The number of carbonyl (C=O) groups excluding carboxylic acids is 1. The third kappa shape index (κ3) is 2.63. The molecule has 1 amide bonds. The highest BCUT2D eigenvalue weighted by Gasteiger charge is 2.56. The van der Waals surface area contributed by atoms with Gasteiger partial charge in [-0.25, -0.2) is 9.50 Å². The molecule has 2 heterocycles. The lowest BCUT2D eigenvalue weighted by Gasteiger charge is -2.57. The van der Waals surface area contributed by atoms with Crippen LogP contribution in [-0.4, -0.2) is 39.3 Å². The number of hydrogen-bond donors (Lipinski definition) is 1. The summed E-state index contributed by atoms with van der Waals surface area (Å²) in [6.07, 6.45) is 10.8. The van der Waals surface area contributed by atoms with Crippen molar-refractivity contribution in [3.8, 4) is 0 Å². The Bertz CT molecular complexity index is 779. The molecule has 4 rings (SSSR count). The minimum absolute atomic E-state index is 0.0592. The summed E-state index contributed by atoms with van der Waals surface area (Å²) in [6, 6.07) is 2.01. The van der Waals surface area contributed by atoms with Crippen molar-refractivity contribution in [1.29, 1.82) is 0 Å². The van der Waals surface area contributed by atoms with Crippen molar-refractivity contribution in [2.75, 3.05) is 6.61 Å². The van der Waals surface area contributed by atoms with Gasteiger partial charge in [0.2, 0.25) is 0 Å². The molecule has 25 heavy (non-hydrogen) atoms. The van der Waals surface area contributed by atoms with Gasteiger partial charge in [-0.1, -0.05) is 19.3 Å². The monoisotopic (exact) mass is 342 g/mol. The van der Waals surface area contributed by atoms with Crippen LogP contribution in [0.4, 0.5) is 0 Å². The molecule has 0 aromatic carbocycles. The third-order valence-electron chi connectivity index (χ3n) is 6.04. The minimum Gasteiger partial charge on any atom is -0.378 e. The molecule has 2 aromatic rings. The second kappa shape index (κ2) is 6.41. The van der Waals surface area contributed by atoms with Crippen LogP contribution in [0, 0.1) is 12.3 Å². The number of hydrogen-bond acceptors (Lipinski definition) is 4. The number of nitrogens with zero attached hydrogens (tertiary/aromatic N) is 3. The van der Waals surface area contributed by atoms with Gasteiger partial charge in [-0.3, -0.25) is 4.79 Å². The number of carbonyl (C=O) groups is 1. The molecule has 2 aromatic heterocycles. The maximum absolute atomic E-state index is 13.0. The van der Waals surface area contributed by atoms with Crippen LogP contribution in [-0.2, 0) is 4.74 Å². The van der Waals surface area contributed by atoms with Crippen molar-refractivity contribution < 1.29 is 9.53 Å². The Morgan fingerprint density at radius 3 is 2.96 bits per heavy atom. The predicted octanol–water partition coefficient (Wildman–Crippen LogP) is 2.90. The second-order valence-corrected chi connectivity index (χ2v) is 7.35. The summed E-state index contributed by atoms with van der Waals surface area (Å²) < 4.78 is 7.66. The zero-order valence-corrected chi connectivity index (χ0v) is 15.0. The van der Waals surface area contributed by atoms with E-state index in [2.05, 4.69) is 22.3 Å². The topological polar surface area (TPSA) is 68.5 Å². The van der Waals surface area contributed by atoms with Crippen LogP contribution in [0.25, 0.3) is 5.65 Å². The molecule has 1 spiro atoms. The fraction of sp³-hybridized carbons (Fsp3) is 0.632. The quantitative estimate of drug-likeness (QED) is 0.928. The number of ether oxygens (including phenoxy) is 1. The molecule has 0 unspecified atom stereocenters. The van der Waals surface area contributed by atoms with E-state index in [1.807, 2.05) is 19.2 Å². The Morgan fingerprint density at radius 1 is 1.40 bits per heavy atom. The SMILES string of the molecule is CCO[C@H]1C[C@@H](NC(=O)c2c(C)nn3cccnc23)C12CCCCC2. The highest BCUT2D eigenvalue weighted by atomic mass is 16.5. The van der Waals surface area contributed by atoms with Gasteiger partial charge in [0, 0.05) is 30.5 Å². The zero-order chi connectivity index (χ0) is 17.4. The van der Waals surface area contributed by atoms with E-state index in [4.69, 9.17) is 4.74 Å². The van der Waals surface area contributed by atoms with E-state index >= 15 is 0 Å². The largest absolute Gasteiger partial charge is 0.378 e. The van der Waals surface area contributed by atoms with Gasteiger partial charge in [-0.05, 0) is 39.2 Å². The maximum Gasteiger partial charge on any atom is 0.257 e. The number of rotatable bonds is 4. The first-order chi connectivity index (χ1) is 12.2. The second-order valence-electron chi connectivity index (χ2n) is 7.35. The molecule has 1 N–H and O–H groups in total. The lowest BCUT2D eigenvalue weighted by atomic mass is 9.55. The van der Waals surface area contributed by atoms with Crippen molar-refractivity contribution in [2.45, 2.75) is 64.5 Å².